The molecule has 26 heavy (non-hydrogen) atoms. The van der Waals surface area contributed by atoms with Gasteiger partial charge in [-0.25, -0.2) is 0 Å². The van der Waals surface area contributed by atoms with Crippen LogP contribution in [0, 0.1) is 5.92 Å². The number of H-pyrrole nitrogens is 1. The summed E-state index contributed by atoms with van der Waals surface area (Å²) < 4.78 is 4.97. The maximum absolute atomic E-state index is 11.4. The third-order valence-corrected chi connectivity index (χ3v) is 6.12. The van der Waals surface area contributed by atoms with Crippen molar-refractivity contribution >= 4 is 16.9 Å². The highest BCUT2D eigenvalue weighted by atomic mass is 16.5. The number of likely N-dealkylation sites (N-methyl/N-ethyl adjacent to an activating group) is 1. The van der Waals surface area contributed by atoms with E-state index in [-0.39, 0.29) is 5.97 Å². The van der Waals surface area contributed by atoms with E-state index in [1.165, 1.54) is 28.5 Å². The highest BCUT2D eigenvalue weighted by Crippen LogP contribution is 2.44. The van der Waals surface area contributed by atoms with Crippen molar-refractivity contribution < 1.29 is 9.53 Å². The summed E-state index contributed by atoms with van der Waals surface area (Å²) >= 11 is 0. The molecule has 2 heterocycles. The molecule has 5 heteroatoms. The fraction of sp³-hybridized carbons (Fsp3) is 0.571. The molecule has 2 aromatic rings. The summed E-state index contributed by atoms with van der Waals surface area (Å²) in [7, 11) is 2.27. The standard InChI is InChI=1S/C21H29N3O2/c1-3-26-20(25)12-22-8-7-14-9-17-16-5-4-6-18-21(16)15(11-23-18)10-19(17)24(2)13-14/h4-6,11,14,17,19,22-23H,3,7-10,12-13H2,1-2H3/t14-,17-,19-/m1/s1. The molecular formula is C21H29N3O2. The maximum Gasteiger partial charge on any atom is 0.319 e. The average molecular weight is 355 g/mol. The van der Waals surface area contributed by atoms with Gasteiger partial charge in [-0.15, -0.1) is 0 Å². The van der Waals surface area contributed by atoms with Crippen molar-refractivity contribution in [2.75, 3.05) is 33.3 Å². The first-order valence-corrected chi connectivity index (χ1v) is 9.82. The van der Waals surface area contributed by atoms with Crippen molar-refractivity contribution in [3.8, 4) is 0 Å². The molecule has 2 aliphatic rings. The van der Waals surface area contributed by atoms with Crippen LogP contribution in [0.2, 0.25) is 0 Å². The molecule has 0 radical (unpaired) electrons. The monoisotopic (exact) mass is 355 g/mol. The second-order valence-corrected chi connectivity index (χ2v) is 7.77. The van der Waals surface area contributed by atoms with Gasteiger partial charge in [-0.05, 0) is 62.9 Å². The number of aromatic amines is 1. The zero-order valence-electron chi connectivity index (χ0n) is 15.8. The molecule has 2 N–H and O–H groups in total. The zero-order chi connectivity index (χ0) is 18.1. The number of rotatable bonds is 6. The Labute approximate surface area is 155 Å². The average Bonchev–Trinajstić information content (AvgIpc) is 3.05. The molecule has 0 bridgehead atoms. The zero-order valence-corrected chi connectivity index (χ0v) is 15.8. The largest absolute Gasteiger partial charge is 0.465 e. The van der Waals surface area contributed by atoms with E-state index in [0.29, 0.717) is 31.0 Å². The summed E-state index contributed by atoms with van der Waals surface area (Å²) in [6, 6.07) is 7.30. The van der Waals surface area contributed by atoms with Crippen LogP contribution < -0.4 is 5.32 Å². The number of piperidine rings is 1. The molecule has 1 aromatic carbocycles. The third-order valence-electron chi connectivity index (χ3n) is 6.12. The fourth-order valence-corrected chi connectivity index (χ4v) is 4.97. The minimum atomic E-state index is -0.160. The maximum atomic E-state index is 11.4. The third kappa shape index (κ3) is 3.26. The second kappa shape index (κ2) is 7.41. The van der Waals surface area contributed by atoms with Crippen LogP contribution >= 0.6 is 0 Å². The molecule has 4 rings (SSSR count). The number of nitrogens with one attached hydrogen (secondary N) is 2. The van der Waals surface area contributed by atoms with E-state index in [2.05, 4.69) is 46.6 Å². The number of benzene rings is 1. The molecule has 0 spiro atoms. The highest BCUT2D eigenvalue weighted by molar-refractivity contribution is 5.88. The summed E-state index contributed by atoms with van der Waals surface area (Å²) in [5.41, 5.74) is 4.26. The fourth-order valence-electron chi connectivity index (χ4n) is 4.97. The van der Waals surface area contributed by atoms with E-state index < -0.39 is 0 Å². The van der Waals surface area contributed by atoms with E-state index in [0.717, 1.165) is 25.9 Å². The number of hydrogen-bond donors (Lipinski definition) is 2. The van der Waals surface area contributed by atoms with Crippen LogP contribution in [0.4, 0.5) is 0 Å². The molecule has 1 saturated heterocycles. The molecule has 0 amide bonds. The molecule has 3 atom stereocenters. The predicted molar refractivity (Wildman–Crippen MR) is 103 cm³/mol. The van der Waals surface area contributed by atoms with Gasteiger partial charge in [0.2, 0.25) is 0 Å². The lowest BCUT2D eigenvalue weighted by molar-refractivity contribution is -0.142. The predicted octanol–water partition coefficient (Wildman–Crippen LogP) is 2.67. The first-order valence-electron chi connectivity index (χ1n) is 9.82. The van der Waals surface area contributed by atoms with Gasteiger partial charge >= 0.3 is 5.97 Å². The normalized spacial score (nSPS) is 25.2. The Morgan fingerprint density at radius 2 is 2.31 bits per heavy atom. The van der Waals surface area contributed by atoms with Gasteiger partial charge in [-0.3, -0.25) is 4.79 Å². The number of esters is 1. The molecule has 1 aliphatic heterocycles. The van der Waals surface area contributed by atoms with Crippen molar-refractivity contribution in [1.29, 1.82) is 0 Å². The van der Waals surface area contributed by atoms with Crippen molar-refractivity contribution in [3.05, 3.63) is 35.5 Å². The summed E-state index contributed by atoms with van der Waals surface area (Å²) in [4.78, 5) is 17.4. The molecule has 1 aromatic heterocycles. The Kier molecular flexibility index (Phi) is 5.00. The summed E-state index contributed by atoms with van der Waals surface area (Å²) in [6.45, 7) is 4.61. The van der Waals surface area contributed by atoms with Gasteiger partial charge in [0, 0.05) is 35.6 Å². The Morgan fingerprint density at radius 3 is 3.15 bits per heavy atom. The number of nitrogens with zero attached hydrogens (tertiary/aromatic N) is 1. The van der Waals surface area contributed by atoms with Gasteiger partial charge in [0.15, 0.2) is 0 Å². The number of aromatic nitrogens is 1. The number of likely N-dealkylation sites (tertiary alicyclic amines) is 1. The van der Waals surface area contributed by atoms with Crippen molar-refractivity contribution in [3.63, 3.8) is 0 Å². The van der Waals surface area contributed by atoms with Crippen LogP contribution in [0.3, 0.4) is 0 Å². The number of carbonyl (C=O) groups excluding carboxylic acids is 1. The van der Waals surface area contributed by atoms with E-state index in [1.807, 2.05) is 6.92 Å². The summed E-state index contributed by atoms with van der Waals surface area (Å²) in [6.07, 6.45) is 5.68. The minimum Gasteiger partial charge on any atom is -0.465 e. The summed E-state index contributed by atoms with van der Waals surface area (Å²) in [5.74, 6) is 1.11. The Hall–Kier alpha value is -1.85. The van der Waals surface area contributed by atoms with Crippen LogP contribution in [-0.4, -0.2) is 55.2 Å². The van der Waals surface area contributed by atoms with Gasteiger partial charge in [-0.2, -0.15) is 0 Å². The van der Waals surface area contributed by atoms with E-state index >= 15 is 0 Å². The number of fused-ring (bicyclic) bond motifs is 2. The quantitative estimate of drug-likeness (QED) is 0.618. The number of ether oxygens (including phenoxy) is 1. The second-order valence-electron chi connectivity index (χ2n) is 7.77. The first-order chi connectivity index (χ1) is 12.7. The molecule has 1 aliphatic carbocycles. The van der Waals surface area contributed by atoms with Crippen LogP contribution in [0.15, 0.2) is 24.4 Å². The molecule has 0 unspecified atom stereocenters. The van der Waals surface area contributed by atoms with Crippen LogP contribution in [0.25, 0.3) is 10.9 Å². The lowest BCUT2D eigenvalue weighted by Crippen LogP contribution is -2.48. The van der Waals surface area contributed by atoms with Gasteiger partial charge in [0.25, 0.3) is 0 Å². The van der Waals surface area contributed by atoms with Gasteiger partial charge < -0.3 is 19.9 Å². The van der Waals surface area contributed by atoms with Crippen molar-refractivity contribution in [2.45, 2.75) is 38.1 Å². The van der Waals surface area contributed by atoms with Gasteiger partial charge in [0.05, 0.1) is 13.2 Å². The Balaban J connectivity index is 1.42. The number of carbonyl (C=O) groups is 1. The van der Waals surface area contributed by atoms with Gasteiger partial charge in [-0.1, -0.05) is 12.1 Å². The minimum absolute atomic E-state index is 0.160. The molecular weight excluding hydrogens is 326 g/mol. The Morgan fingerprint density at radius 1 is 1.42 bits per heavy atom. The van der Waals surface area contributed by atoms with Crippen LogP contribution in [0.5, 0.6) is 0 Å². The lowest BCUT2D eigenvalue weighted by atomic mass is 9.72. The molecule has 0 saturated carbocycles. The number of hydrogen-bond acceptors (Lipinski definition) is 4. The lowest BCUT2D eigenvalue weighted by Gasteiger charge is -2.45. The van der Waals surface area contributed by atoms with Crippen molar-refractivity contribution in [2.24, 2.45) is 5.92 Å². The molecule has 1 fully saturated rings. The van der Waals surface area contributed by atoms with Gasteiger partial charge in [0.1, 0.15) is 0 Å². The van der Waals surface area contributed by atoms with Crippen molar-refractivity contribution in [1.82, 2.24) is 15.2 Å². The van der Waals surface area contributed by atoms with Crippen LogP contribution in [-0.2, 0) is 16.0 Å². The first kappa shape index (κ1) is 17.6. The highest BCUT2D eigenvalue weighted by Gasteiger charge is 2.39. The van der Waals surface area contributed by atoms with E-state index in [1.54, 1.807) is 0 Å². The van der Waals surface area contributed by atoms with Crippen LogP contribution in [0.1, 0.15) is 36.8 Å². The molecule has 5 nitrogen and oxygen atoms in total. The molecule has 140 valence electrons. The van der Waals surface area contributed by atoms with E-state index in [9.17, 15) is 4.79 Å². The Bertz CT molecular complexity index is 785. The SMILES string of the molecule is CCOC(=O)CNCC[C@@H]1C[C@@H]2c3cccc4[nH]cc(c34)C[C@H]2N(C)C1. The topological polar surface area (TPSA) is 57.4 Å². The van der Waals surface area contributed by atoms with E-state index in [4.69, 9.17) is 4.74 Å². The summed E-state index contributed by atoms with van der Waals surface area (Å²) in [5, 5.41) is 4.70. The smallest absolute Gasteiger partial charge is 0.319 e.